The minimum Gasteiger partial charge on any atom is -0.508 e. The minimum atomic E-state index is -1.05. The molecule has 0 aliphatic heterocycles. The lowest BCUT2D eigenvalue weighted by Crippen LogP contribution is -2.35. The number of ketones is 1. The SMILES string of the molecule is COc1cc(/C=C/C(=O)/C=C(O)/C=C/c2ccc(OC(=O)[C@@H](N)CCC(N)=O)c(OC)c2)ccc1OC(=O)[C@@H](N)CCC(N)=O. The molecule has 14 heteroatoms. The molecular formula is C31H36N4O10. The number of aliphatic hydroxyl groups excluding tert-OH is 1. The second kappa shape index (κ2) is 17.6. The third kappa shape index (κ3) is 12.3. The van der Waals surface area contributed by atoms with Gasteiger partial charge < -0.3 is 47.0 Å². The Balaban J connectivity index is 2.03. The highest BCUT2D eigenvalue weighted by molar-refractivity contribution is 6.02. The number of aliphatic hydroxyl groups is 1. The van der Waals surface area contributed by atoms with E-state index in [1.807, 2.05) is 0 Å². The maximum Gasteiger partial charge on any atom is 0.328 e. The number of methoxy groups -OCH3 is 2. The van der Waals surface area contributed by atoms with Crippen LogP contribution in [0.25, 0.3) is 12.2 Å². The molecule has 0 saturated carbocycles. The van der Waals surface area contributed by atoms with E-state index in [0.717, 1.165) is 6.08 Å². The van der Waals surface area contributed by atoms with Gasteiger partial charge in [-0.25, -0.2) is 9.59 Å². The molecule has 14 nitrogen and oxygen atoms in total. The van der Waals surface area contributed by atoms with Gasteiger partial charge >= 0.3 is 11.9 Å². The van der Waals surface area contributed by atoms with Crippen LogP contribution in [0.1, 0.15) is 36.8 Å². The van der Waals surface area contributed by atoms with Crippen LogP contribution in [0.3, 0.4) is 0 Å². The smallest absolute Gasteiger partial charge is 0.328 e. The Bertz CT molecular complexity index is 1500. The van der Waals surface area contributed by atoms with Crippen LogP contribution in [-0.4, -0.2) is 60.9 Å². The van der Waals surface area contributed by atoms with Crippen LogP contribution >= 0.6 is 0 Å². The lowest BCUT2D eigenvalue weighted by molar-refractivity contribution is -0.137. The third-order valence-corrected chi connectivity index (χ3v) is 5.98. The van der Waals surface area contributed by atoms with Gasteiger partial charge in [-0.05, 0) is 60.4 Å². The quantitative estimate of drug-likeness (QED) is 0.0551. The molecule has 45 heavy (non-hydrogen) atoms. The topological polar surface area (TPSA) is 247 Å². The summed E-state index contributed by atoms with van der Waals surface area (Å²) in [4.78, 5) is 58.6. The van der Waals surface area contributed by atoms with E-state index in [9.17, 15) is 29.1 Å². The zero-order valence-electron chi connectivity index (χ0n) is 24.8. The fourth-order valence-electron chi connectivity index (χ4n) is 3.55. The van der Waals surface area contributed by atoms with Crippen molar-refractivity contribution in [3.8, 4) is 23.0 Å². The van der Waals surface area contributed by atoms with Crippen molar-refractivity contribution in [3.05, 3.63) is 71.5 Å². The van der Waals surface area contributed by atoms with E-state index in [-0.39, 0.29) is 54.4 Å². The molecule has 0 saturated heterocycles. The van der Waals surface area contributed by atoms with Gasteiger partial charge in [0.1, 0.15) is 17.8 Å². The first kappa shape index (κ1) is 35.7. The van der Waals surface area contributed by atoms with E-state index in [1.165, 1.54) is 62.8 Å². The van der Waals surface area contributed by atoms with Crippen LogP contribution in [-0.2, 0) is 24.0 Å². The Labute approximate surface area is 259 Å². The molecule has 0 aromatic heterocycles. The normalized spacial score (nSPS) is 12.8. The van der Waals surface area contributed by atoms with Gasteiger partial charge in [-0.3, -0.25) is 14.4 Å². The van der Waals surface area contributed by atoms with E-state index in [1.54, 1.807) is 12.1 Å². The molecule has 0 aliphatic carbocycles. The molecule has 0 radical (unpaired) electrons. The number of amides is 2. The molecule has 2 amide bonds. The molecule has 2 rings (SSSR count). The summed E-state index contributed by atoms with van der Waals surface area (Å²) in [6.07, 6.45) is 6.39. The van der Waals surface area contributed by atoms with E-state index in [4.69, 9.17) is 41.9 Å². The average Bonchev–Trinajstić information content (AvgIpc) is 3.00. The zero-order valence-corrected chi connectivity index (χ0v) is 24.8. The number of nitrogens with two attached hydrogens (primary N) is 4. The summed E-state index contributed by atoms with van der Waals surface area (Å²) in [7, 11) is 2.74. The lowest BCUT2D eigenvalue weighted by Gasteiger charge is -2.13. The van der Waals surface area contributed by atoms with Gasteiger partial charge in [0.25, 0.3) is 0 Å². The number of carbonyl (C=O) groups is 5. The summed E-state index contributed by atoms with van der Waals surface area (Å²) in [5.74, 6) is -2.98. The van der Waals surface area contributed by atoms with E-state index in [0.29, 0.717) is 11.1 Å². The first-order valence-electron chi connectivity index (χ1n) is 13.5. The molecule has 0 bridgehead atoms. The average molecular weight is 625 g/mol. The monoisotopic (exact) mass is 624 g/mol. The molecule has 0 aliphatic rings. The highest BCUT2D eigenvalue weighted by Crippen LogP contribution is 2.30. The predicted octanol–water partition coefficient (Wildman–Crippen LogP) is 1.44. The highest BCUT2D eigenvalue weighted by atomic mass is 16.6. The summed E-state index contributed by atoms with van der Waals surface area (Å²) < 4.78 is 21.0. The molecule has 0 spiro atoms. The maximum atomic E-state index is 12.4. The number of carbonyl (C=O) groups excluding carboxylic acids is 5. The Morgan fingerprint density at radius 2 is 1.13 bits per heavy atom. The van der Waals surface area contributed by atoms with E-state index < -0.39 is 41.6 Å². The fourth-order valence-corrected chi connectivity index (χ4v) is 3.55. The molecule has 0 unspecified atom stereocenters. The number of esters is 2. The van der Waals surface area contributed by atoms with Crippen molar-refractivity contribution in [2.75, 3.05) is 14.2 Å². The van der Waals surface area contributed by atoms with E-state index >= 15 is 0 Å². The maximum absolute atomic E-state index is 12.4. The van der Waals surface area contributed by atoms with Crippen molar-refractivity contribution < 1.29 is 48.0 Å². The van der Waals surface area contributed by atoms with Crippen molar-refractivity contribution in [2.24, 2.45) is 22.9 Å². The van der Waals surface area contributed by atoms with Gasteiger partial charge in [0.15, 0.2) is 28.8 Å². The van der Waals surface area contributed by atoms with Gasteiger partial charge in [0.2, 0.25) is 11.8 Å². The molecule has 2 atom stereocenters. The second-order valence-corrected chi connectivity index (χ2v) is 9.52. The summed E-state index contributed by atoms with van der Waals surface area (Å²) in [6, 6.07) is 7.02. The lowest BCUT2D eigenvalue weighted by atomic mass is 10.1. The molecule has 0 fully saturated rings. The van der Waals surface area contributed by atoms with Crippen molar-refractivity contribution in [1.82, 2.24) is 0 Å². The minimum absolute atomic E-state index is 0.0317. The number of hydrogen-bond donors (Lipinski definition) is 5. The summed E-state index contributed by atoms with van der Waals surface area (Å²) in [6.45, 7) is 0. The Morgan fingerprint density at radius 3 is 1.53 bits per heavy atom. The van der Waals surface area contributed by atoms with Crippen molar-refractivity contribution in [1.29, 1.82) is 0 Å². The zero-order chi connectivity index (χ0) is 33.5. The van der Waals surface area contributed by atoms with Gasteiger partial charge in [-0.2, -0.15) is 0 Å². The number of allylic oxidation sites excluding steroid dienone is 3. The molecule has 0 heterocycles. The molecule has 2 aromatic rings. The van der Waals surface area contributed by atoms with Crippen LogP contribution in [0, 0.1) is 0 Å². The number of primary amides is 2. The van der Waals surface area contributed by atoms with Crippen molar-refractivity contribution in [3.63, 3.8) is 0 Å². The van der Waals surface area contributed by atoms with Crippen LogP contribution in [0.5, 0.6) is 23.0 Å². The highest BCUT2D eigenvalue weighted by Gasteiger charge is 2.20. The number of ether oxygens (including phenoxy) is 4. The van der Waals surface area contributed by atoms with Gasteiger partial charge in [-0.1, -0.05) is 24.3 Å². The number of benzene rings is 2. The summed E-state index contributed by atoms with van der Waals surface area (Å²) in [5.41, 5.74) is 22.7. The van der Waals surface area contributed by atoms with Gasteiger partial charge in [-0.15, -0.1) is 0 Å². The molecule has 240 valence electrons. The Hall–Kier alpha value is -5.47. The number of hydrogen-bond acceptors (Lipinski definition) is 12. The van der Waals surface area contributed by atoms with Crippen molar-refractivity contribution >= 4 is 41.7 Å². The van der Waals surface area contributed by atoms with E-state index in [2.05, 4.69) is 0 Å². The molecule has 9 N–H and O–H groups in total. The first-order chi connectivity index (χ1) is 21.3. The van der Waals surface area contributed by atoms with Crippen molar-refractivity contribution in [2.45, 2.75) is 37.8 Å². The largest absolute Gasteiger partial charge is 0.508 e. The number of rotatable bonds is 17. The predicted molar refractivity (Wildman–Crippen MR) is 164 cm³/mol. The molecular weight excluding hydrogens is 588 g/mol. The Kier molecular flexibility index (Phi) is 14.0. The van der Waals surface area contributed by atoms with Crippen LogP contribution in [0.15, 0.2) is 60.4 Å². The standard InChI is InChI=1S/C31H36N4O10/c1-42-26-15-18(5-11-24(26)44-30(40)22(32)9-13-28(34)38)3-7-20(36)17-21(37)8-4-19-6-12-25(27(16-19)43-2)45-31(41)23(33)10-14-29(35)39/h3-8,11-12,15-17,22-23,36H,9-10,13-14,32-33H2,1-2H3,(H2,34,38)(H2,35,39)/b7-3+,8-4+,20-17-/t22-,23-/m0/s1. The van der Waals surface area contributed by atoms with Crippen LogP contribution in [0.2, 0.25) is 0 Å². The summed E-state index contributed by atoms with van der Waals surface area (Å²) >= 11 is 0. The second-order valence-electron chi connectivity index (χ2n) is 9.52. The molecule has 2 aromatic carbocycles. The first-order valence-corrected chi connectivity index (χ1v) is 13.5. The van der Waals surface area contributed by atoms with Gasteiger partial charge in [0.05, 0.1) is 14.2 Å². The third-order valence-electron chi connectivity index (χ3n) is 5.98. The Morgan fingerprint density at radius 1 is 0.711 bits per heavy atom. The fraction of sp³-hybridized carbons (Fsp3) is 0.258. The van der Waals surface area contributed by atoms with Crippen LogP contribution in [0.4, 0.5) is 0 Å². The van der Waals surface area contributed by atoms with Gasteiger partial charge in [0, 0.05) is 18.9 Å². The van der Waals surface area contributed by atoms with Crippen LogP contribution < -0.4 is 41.9 Å². The summed E-state index contributed by atoms with van der Waals surface area (Å²) in [5, 5.41) is 10.2.